The minimum absolute atomic E-state index is 0.161. The van der Waals surface area contributed by atoms with Gasteiger partial charge in [0.05, 0.1) is 5.69 Å². The zero-order chi connectivity index (χ0) is 14.9. The minimum Gasteiger partial charge on any atom is -0.475 e. The number of carboxylic acid groups (broad SMARTS) is 1. The largest absolute Gasteiger partial charge is 0.475 e. The predicted molar refractivity (Wildman–Crippen MR) is 62.8 cm³/mol. The lowest BCUT2D eigenvalue weighted by Gasteiger charge is -1.98. The highest BCUT2D eigenvalue weighted by Gasteiger charge is 2.21. The molecule has 0 unspecified atom stereocenters. The Labute approximate surface area is 111 Å². The second-order valence-corrected chi connectivity index (χ2v) is 4.10. The number of aryl methyl sites for hydroxylation is 1. The molecule has 0 aliphatic rings. The quantitative estimate of drug-likeness (QED) is 0.874. The molecule has 1 aromatic carbocycles. The third-order valence-corrected chi connectivity index (χ3v) is 2.61. The summed E-state index contributed by atoms with van der Waals surface area (Å²) in [5, 5.41) is 8.96. The number of hydrogen-bond donors (Lipinski definition) is 1. The molecular formula is C13H10F3NO3. The third kappa shape index (κ3) is 2.52. The van der Waals surface area contributed by atoms with Gasteiger partial charge in [-0.2, -0.15) is 0 Å². The van der Waals surface area contributed by atoms with E-state index in [9.17, 15) is 18.0 Å². The average Bonchev–Trinajstić information content (AvgIpc) is 2.80. The van der Waals surface area contributed by atoms with Gasteiger partial charge in [0.15, 0.2) is 17.5 Å². The van der Waals surface area contributed by atoms with Gasteiger partial charge in [-0.05, 0) is 18.6 Å². The highest BCUT2D eigenvalue weighted by molar-refractivity contribution is 5.86. The number of hydrogen-bond acceptors (Lipinski definition) is 3. The highest BCUT2D eigenvalue weighted by Crippen LogP contribution is 2.26. The molecule has 1 N–H and O–H groups in total. The van der Waals surface area contributed by atoms with Gasteiger partial charge in [-0.15, -0.1) is 0 Å². The van der Waals surface area contributed by atoms with E-state index in [0.29, 0.717) is 25.0 Å². The van der Waals surface area contributed by atoms with Crippen LogP contribution in [0.5, 0.6) is 0 Å². The lowest BCUT2D eigenvalue weighted by Crippen LogP contribution is -1.99. The SMILES string of the molecule is CCCc1nc(-c2cc(F)c(F)c(F)c2)oc1C(=O)O. The molecule has 0 saturated carbocycles. The van der Waals surface area contributed by atoms with Crippen LogP contribution in [0.2, 0.25) is 0 Å². The number of rotatable bonds is 4. The number of carbonyl (C=O) groups is 1. The van der Waals surface area contributed by atoms with Gasteiger partial charge in [-0.3, -0.25) is 0 Å². The van der Waals surface area contributed by atoms with Crippen molar-refractivity contribution in [1.29, 1.82) is 0 Å². The van der Waals surface area contributed by atoms with E-state index in [1.807, 2.05) is 6.92 Å². The van der Waals surface area contributed by atoms with Crippen molar-refractivity contribution >= 4 is 5.97 Å². The maximum Gasteiger partial charge on any atom is 0.373 e. The molecule has 0 saturated heterocycles. The molecule has 1 heterocycles. The number of aromatic carboxylic acids is 1. The summed E-state index contributed by atoms with van der Waals surface area (Å²) in [4.78, 5) is 14.9. The summed E-state index contributed by atoms with van der Waals surface area (Å²) in [5.74, 6) is -6.36. The molecule has 0 fully saturated rings. The maximum absolute atomic E-state index is 13.1. The number of halogens is 3. The van der Waals surface area contributed by atoms with Gasteiger partial charge in [0.25, 0.3) is 0 Å². The van der Waals surface area contributed by atoms with Gasteiger partial charge < -0.3 is 9.52 Å². The van der Waals surface area contributed by atoms with Crippen LogP contribution >= 0.6 is 0 Å². The minimum atomic E-state index is -1.60. The molecule has 1 aromatic heterocycles. The van der Waals surface area contributed by atoms with E-state index >= 15 is 0 Å². The van der Waals surface area contributed by atoms with Crippen LogP contribution in [0, 0.1) is 17.5 Å². The molecule has 0 amide bonds. The summed E-state index contributed by atoms with van der Waals surface area (Å²) in [6, 6.07) is 1.40. The van der Waals surface area contributed by atoms with Gasteiger partial charge in [-0.1, -0.05) is 13.3 Å². The molecular weight excluding hydrogens is 275 g/mol. The number of benzene rings is 1. The number of nitrogens with zero attached hydrogens (tertiary/aromatic N) is 1. The van der Waals surface area contributed by atoms with E-state index in [2.05, 4.69) is 4.98 Å². The standard InChI is InChI=1S/C13H10F3NO3/c1-2-3-9-11(13(18)19)20-12(17-9)6-4-7(14)10(16)8(15)5-6/h4-5H,2-3H2,1H3,(H,18,19). The lowest BCUT2D eigenvalue weighted by atomic mass is 10.2. The van der Waals surface area contributed by atoms with Crippen LogP contribution in [0.15, 0.2) is 16.5 Å². The maximum atomic E-state index is 13.1. The van der Waals surface area contributed by atoms with Crippen LogP contribution in [0.3, 0.4) is 0 Å². The van der Waals surface area contributed by atoms with Crippen LogP contribution in [-0.2, 0) is 6.42 Å². The van der Waals surface area contributed by atoms with Crippen LogP contribution in [0.4, 0.5) is 13.2 Å². The molecule has 0 bridgehead atoms. The molecule has 0 spiro atoms. The zero-order valence-corrected chi connectivity index (χ0v) is 10.4. The monoisotopic (exact) mass is 285 g/mol. The van der Waals surface area contributed by atoms with Gasteiger partial charge in [0.2, 0.25) is 11.7 Å². The van der Waals surface area contributed by atoms with Gasteiger partial charge in [0, 0.05) is 5.56 Å². The van der Waals surface area contributed by atoms with E-state index in [1.165, 1.54) is 0 Å². The molecule has 4 nitrogen and oxygen atoms in total. The fourth-order valence-electron chi connectivity index (χ4n) is 1.73. The Bertz CT molecular complexity index is 644. The Morgan fingerprint density at radius 1 is 1.30 bits per heavy atom. The summed E-state index contributed by atoms with van der Waals surface area (Å²) < 4.78 is 44.1. The number of oxazole rings is 1. The Hall–Kier alpha value is -2.31. The van der Waals surface area contributed by atoms with E-state index in [1.54, 1.807) is 0 Å². The fraction of sp³-hybridized carbons (Fsp3) is 0.231. The molecule has 20 heavy (non-hydrogen) atoms. The predicted octanol–water partition coefficient (Wildman–Crippen LogP) is 3.41. The van der Waals surface area contributed by atoms with Crippen molar-refractivity contribution in [3.8, 4) is 11.5 Å². The van der Waals surface area contributed by atoms with Gasteiger partial charge in [0.1, 0.15) is 0 Å². The van der Waals surface area contributed by atoms with Crippen LogP contribution in [-0.4, -0.2) is 16.1 Å². The van der Waals surface area contributed by atoms with Crippen molar-refractivity contribution < 1.29 is 27.5 Å². The first kappa shape index (κ1) is 14.1. The molecule has 0 radical (unpaired) electrons. The van der Waals surface area contributed by atoms with Crippen molar-refractivity contribution in [2.75, 3.05) is 0 Å². The topological polar surface area (TPSA) is 63.3 Å². The first-order valence-corrected chi connectivity index (χ1v) is 5.82. The number of aromatic nitrogens is 1. The highest BCUT2D eigenvalue weighted by atomic mass is 19.2. The second-order valence-electron chi connectivity index (χ2n) is 4.10. The van der Waals surface area contributed by atoms with Gasteiger partial charge in [-0.25, -0.2) is 22.9 Å². The molecule has 2 rings (SSSR count). The van der Waals surface area contributed by atoms with Crippen LogP contribution in [0.1, 0.15) is 29.6 Å². The van der Waals surface area contributed by atoms with E-state index in [4.69, 9.17) is 9.52 Å². The Kier molecular flexibility index (Phi) is 3.78. The normalized spacial score (nSPS) is 10.8. The molecule has 0 aliphatic carbocycles. The van der Waals surface area contributed by atoms with Crippen LogP contribution in [0.25, 0.3) is 11.5 Å². The summed E-state index contributed by atoms with van der Waals surface area (Å²) in [6.45, 7) is 1.82. The first-order chi connectivity index (χ1) is 9.43. The van der Waals surface area contributed by atoms with E-state index < -0.39 is 23.4 Å². The summed E-state index contributed by atoms with van der Waals surface area (Å²) in [6.07, 6.45) is 0.968. The summed E-state index contributed by atoms with van der Waals surface area (Å²) in [5.41, 5.74) is 0.0198. The Morgan fingerprint density at radius 3 is 2.40 bits per heavy atom. The van der Waals surface area contributed by atoms with Crippen LogP contribution < -0.4 is 0 Å². The molecule has 0 atom stereocenters. The molecule has 0 aliphatic heterocycles. The van der Waals surface area contributed by atoms with Crippen molar-refractivity contribution in [3.05, 3.63) is 41.0 Å². The first-order valence-electron chi connectivity index (χ1n) is 5.82. The summed E-state index contributed by atoms with van der Waals surface area (Å²) >= 11 is 0. The van der Waals surface area contributed by atoms with Crippen molar-refractivity contribution in [1.82, 2.24) is 4.98 Å². The lowest BCUT2D eigenvalue weighted by molar-refractivity contribution is 0.0661. The van der Waals surface area contributed by atoms with E-state index in [-0.39, 0.29) is 22.9 Å². The third-order valence-electron chi connectivity index (χ3n) is 2.61. The smallest absolute Gasteiger partial charge is 0.373 e. The number of carboxylic acids is 1. The fourth-order valence-corrected chi connectivity index (χ4v) is 1.73. The van der Waals surface area contributed by atoms with Crippen molar-refractivity contribution in [2.45, 2.75) is 19.8 Å². The Balaban J connectivity index is 2.53. The van der Waals surface area contributed by atoms with Crippen molar-refractivity contribution in [3.63, 3.8) is 0 Å². The summed E-state index contributed by atoms with van der Waals surface area (Å²) in [7, 11) is 0. The van der Waals surface area contributed by atoms with E-state index in [0.717, 1.165) is 0 Å². The van der Waals surface area contributed by atoms with Gasteiger partial charge >= 0.3 is 5.97 Å². The molecule has 106 valence electrons. The average molecular weight is 285 g/mol. The molecule has 2 aromatic rings. The Morgan fingerprint density at radius 2 is 1.90 bits per heavy atom. The second kappa shape index (κ2) is 5.36. The van der Waals surface area contributed by atoms with Crippen molar-refractivity contribution in [2.24, 2.45) is 0 Å². The molecule has 7 heteroatoms. The zero-order valence-electron chi connectivity index (χ0n) is 10.4.